The molecule has 20 heavy (non-hydrogen) atoms. The van der Waals surface area contributed by atoms with Crippen molar-refractivity contribution in [2.75, 3.05) is 13.7 Å². The first-order valence-electron chi connectivity index (χ1n) is 6.82. The van der Waals surface area contributed by atoms with Gasteiger partial charge >= 0.3 is 6.09 Å². The van der Waals surface area contributed by atoms with E-state index in [0.29, 0.717) is 6.61 Å². The van der Waals surface area contributed by atoms with Gasteiger partial charge in [-0.2, -0.15) is 0 Å². The molecule has 1 heterocycles. The van der Waals surface area contributed by atoms with Crippen LogP contribution in [0.15, 0.2) is 24.5 Å². The number of pyridine rings is 1. The van der Waals surface area contributed by atoms with Crippen molar-refractivity contribution in [3.63, 3.8) is 0 Å². The van der Waals surface area contributed by atoms with Crippen LogP contribution in [0.4, 0.5) is 4.79 Å². The number of hydrogen-bond donors (Lipinski definition) is 0. The van der Waals surface area contributed by atoms with Crippen molar-refractivity contribution < 1.29 is 14.3 Å². The molecule has 1 saturated carbocycles. The van der Waals surface area contributed by atoms with E-state index in [1.54, 1.807) is 24.3 Å². The summed E-state index contributed by atoms with van der Waals surface area (Å²) in [7, 11) is 1.77. The maximum absolute atomic E-state index is 12.1. The van der Waals surface area contributed by atoms with Gasteiger partial charge in [-0.25, -0.2) is 4.79 Å². The van der Waals surface area contributed by atoms with Gasteiger partial charge in [0, 0.05) is 13.2 Å². The third kappa shape index (κ3) is 3.62. The summed E-state index contributed by atoms with van der Waals surface area (Å²) in [6, 6.07) is 3.68. The average molecular weight is 278 g/mol. The molecule has 0 saturated heterocycles. The Balaban J connectivity index is 1.92. The lowest BCUT2D eigenvalue weighted by molar-refractivity contribution is 0.0139. The molecule has 1 aliphatic carbocycles. The Hall–Kier alpha value is -1.78. The van der Waals surface area contributed by atoms with Gasteiger partial charge in [-0.3, -0.25) is 4.98 Å². The largest absolute Gasteiger partial charge is 0.490 e. The van der Waals surface area contributed by atoms with Crippen molar-refractivity contribution in [2.24, 2.45) is 0 Å². The number of carbonyl (C=O) groups excluding carboxylic acids is 1. The second-order valence-corrected chi connectivity index (χ2v) is 6.24. The molecule has 0 radical (unpaired) electrons. The van der Waals surface area contributed by atoms with E-state index in [9.17, 15) is 4.79 Å². The van der Waals surface area contributed by atoms with E-state index in [2.05, 4.69) is 4.98 Å². The minimum absolute atomic E-state index is 0.238. The molecule has 0 aromatic carbocycles. The van der Waals surface area contributed by atoms with Crippen LogP contribution < -0.4 is 4.74 Å². The first-order chi connectivity index (χ1) is 9.32. The summed E-state index contributed by atoms with van der Waals surface area (Å²) in [4.78, 5) is 17.8. The van der Waals surface area contributed by atoms with Gasteiger partial charge in [-0.15, -0.1) is 0 Å². The van der Waals surface area contributed by atoms with Crippen LogP contribution in [0.3, 0.4) is 0 Å². The fourth-order valence-electron chi connectivity index (χ4n) is 1.90. The molecule has 0 atom stereocenters. The zero-order valence-corrected chi connectivity index (χ0v) is 12.5. The van der Waals surface area contributed by atoms with E-state index in [0.717, 1.165) is 18.6 Å². The van der Waals surface area contributed by atoms with Gasteiger partial charge in [0.05, 0.1) is 11.7 Å². The van der Waals surface area contributed by atoms with Crippen LogP contribution >= 0.6 is 0 Å². The second-order valence-electron chi connectivity index (χ2n) is 6.24. The third-order valence-electron chi connectivity index (χ3n) is 3.35. The molecule has 5 heteroatoms. The molecule has 1 aromatic heterocycles. The van der Waals surface area contributed by atoms with Gasteiger partial charge in [-0.1, -0.05) is 0 Å². The monoisotopic (exact) mass is 278 g/mol. The van der Waals surface area contributed by atoms with Crippen molar-refractivity contribution >= 4 is 6.09 Å². The minimum atomic E-state index is -0.481. The van der Waals surface area contributed by atoms with Crippen molar-refractivity contribution in [1.82, 2.24) is 9.88 Å². The van der Waals surface area contributed by atoms with Gasteiger partial charge < -0.3 is 14.4 Å². The van der Waals surface area contributed by atoms with E-state index in [4.69, 9.17) is 9.47 Å². The summed E-state index contributed by atoms with van der Waals surface area (Å²) in [5.74, 6) is 0.719. The Bertz CT molecular complexity index is 464. The summed E-state index contributed by atoms with van der Waals surface area (Å²) in [6.45, 7) is 6.06. The molecule has 1 fully saturated rings. The molecule has 0 aliphatic heterocycles. The Labute approximate surface area is 119 Å². The minimum Gasteiger partial charge on any atom is -0.490 e. The molecule has 5 nitrogen and oxygen atoms in total. The Morgan fingerprint density at radius 3 is 2.65 bits per heavy atom. The van der Waals surface area contributed by atoms with E-state index < -0.39 is 5.60 Å². The zero-order chi connectivity index (χ0) is 14.8. The van der Waals surface area contributed by atoms with Crippen LogP contribution in [-0.4, -0.2) is 40.8 Å². The van der Waals surface area contributed by atoms with Gasteiger partial charge in [0.25, 0.3) is 0 Å². The van der Waals surface area contributed by atoms with E-state index in [1.807, 2.05) is 32.9 Å². The van der Waals surface area contributed by atoms with Crippen LogP contribution in [0, 0.1) is 0 Å². The normalized spacial score (nSPS) is 16.4. The number of amides is 1. The van der Waals surface area contributed by atoms with Crippen molar-refractivity contribution in [3.05, 3.63) is 24.5 Å². The molecule has 2 rings (SSSR count). The number of carbonyl (C=O) groups is 1. The molecular formula is C15H22N2O3. The maximum atomic E-state index is 12.1. The standard InChI is InChI=1S/C15H22N2O3/c1-14(2,3)20-13(18)17(4)15(7-8-15)11-19-12-6-5-9-16-10-12/h5-6,9-10H,7-8,11H2,1-4H3. The van der Waals surface area contributed by atoms with E-state index >= 15 is 0 Å². The Morgan fingerprint density at radius 2 is 2.15 bits per heavy atom. The lowest BCUT2D eigenvalue weighted by Gasteiger charge is -2.30. The fraction of sp³-hybridized carbons (Fsp3) is 0.600. The number of ether oxygens (including phenoxy) is 2. The SMILES string of the molecule is CN(C(=O)OC(C)(C)C)C1(COc2cccnc2)CC1. The number of hydrogen-bond acceptors (Lipinski definition) is 4. The summed E-state index contributed by atoms with van der Waals surface area (Å²) in [5.41, 5.74) is -0.718. The summed E-state index contributed by atoms with van der Waals surface area (Å²) in [5, 5.41) is 0. The van der Waals surface area contributed by atoms with Crippen LogP contribution in [0.2, 0.25) is 0 Å². The first-order valence-corrected chi connectivity index (χ1v) is 6.82. The number of likely N-dealkylation sites (N-methyl/N-ethyl adjacent to an activating group) is 1. The number of aromatic nitrogens is 1. The molecule has 1 aromatic rings. The van der Waals surface area contributed by atoms with E-state index in [-0.39, 0.29) is 11.6 Å². The van der Waals surface area contributed by atoms with Gasteiger partial charge in [0.15, 0.2) is 0 Å². The van der Waals surface area contributed by atoms with Crippen LogP contribution in [0.25, 0.3) is 0 Å². The molecule has 0 unspecified atom stereocenters. The smallest absolute Gasteiger partial charge is 0.410 e. The number of nitrogens with zero attached hydrogens (tertiary/aromatic N) is 2. The average Bonchev–Trinajstić information content (AvgIpc) is 3.16. The molecule has 1 amide bonds. The topological polar surface area (TPSA) is 51.7 Å². The van der Waals surface area contributed by atoms with Gasteiger partial charge in [0.2, 0.25) is 0 Å². The quantitative estimate of drug-likeness (QED) is 0.849. The Morgan fingerprint density at radius 1 is 1.45 bits per heavy atom. The molecule has 0 spiro atoms. The predicted octanol–water partition coefficient (Wildman–Crippen LogP) is 2.86. The van der Waals surface area contributed by atoms with Crippen molar-refractivity contribution in [2.45, 2.75) is 44.8 Å². The summed E-state index contributed by atoms with van der Waals surface area (Å²) >= 11 is 0. The first kappa shape index (κ1) is 14.6. The molecule has 110 valence electrons. The van der Waals surface area contributed by atoms with Crippen LogP contribution in [0.1, 0.15) is 33.6 Å². The fourth-order valence-corrected chi connectivity index (χ4v) is 1.90. The van der Waals surface area contributed by atoms with Gasteiger partial charge in [-0.05, 0) is 45.7 Å². The highest BCUT2D eigenvalue weighted by molar-refractivity contribution is 5.69. The lowest BCUT2D eigenvalue weighted by Crippen LogP contribution is -2.45. The molecular weight excluding hydrogens is 256 g/mol. The van der Waals surface area contributed by atoms with Crippen molar-refractivity contribution in [1.29, 1.82) is 0 Å². The van der Waals surface area contributed by atoms with Crippen LogP contribution in [-0.2, 0) is 4.74 Å². The maximum Gasteiger partial charge on any atom is 0.410 e. The molecule has 1 aliphatic rings. The van der Waals surface area contributed by atoms with Gasteiger partial charge in [0.1, 0.15) is 18.0 Å². The highest BCUT2D eigenvalue weighted by Crippen LogP contribution is 2.41. The molecule has 0 N–H and O–H groups in total. The molecule has 0 bridgehead atoms. The zero-order valence-electron chi connectivity index (χ0n) is 12.5. The summed E-state index contributed by atoms with van der Waals surface area (Å²) < 4.78 is 11.1. The van der Waals surface area contributed by atoms with Crippen LogP contribution in [0.5, 0.6) is 5.75 Å². The highest BCUT2D eigenvalue weighted by atomic mass is 16.6. The highest BCUT2D eigenvalue weighted by Gasteiger charge is 2.50. The van der Waals surface area contributed by atoms with E-state index in [1.165, 1.54) is 0 Å². The predicted molar refractivity (Wildman–Crippen MR) is 75.7 cm³/mol. The second kappa shape index (κ2) is 5.31. The van der Waals surface area contributed by atoms with Crippen molar-refractivity contribution in [3.8, 4) is 5.75 Å². The Kier molecular flexibility index (Phi) is 3.88. The third-order valence-corrected chi connectivity index (χ3v) is 3.35. The number of rotatable bonds is 4. The lowest BCUT2D eigenvalue weighted by atomic mass is 10.2. The summed E-state index contributed by atoms with van der Waals surface area (Å²) in [6.07, 6.45) is 4.94.